The maximum Gasteiger partial charge on any atom is 0.358 e. The Kier molecular flexibility index (Phi) is 3.34. The number of fused-ring (bicyclic) bond motifs is 1. The zero-order valence-electron chi connectivity index (χ0n) is 11.4. The topological polar surface area (TPSA) is 96.4 Å². The molecule has 8 heteroatoms. The van der Waals surface area contributed by atoms with Gasteiger partial charge in [0.05, 0.1) is 6.33 Å². The SMILES string of the molecule is Cn1cnc(S(=O)(=O)Oc2cccc3c2C[C@H](N)CO3)c1. The first-order valence-corrected chi connectivity index (χ1v) is 7.79. The first-order chi connectivity index (χ1) is 9.95. The minimum Gasteiger partial charge on any atom is -0.492 e. The molecule has 0 fully saturated rings. The van der Waals surface area contributed by atoms with Crippen LogP contribution in [0.2, 0.25) is 0 Å². The fourth-order valence-corrected chi connectivity index (χ4v) is 3.11. The highest BCUT2D eigenvalue weighted by Crippen LogP contribution is 2.33. The molecule has 0 bridgehead atoms. The van der Waals surface area contributed by atoms with E-state index in [9.17, 15) is 8.42 Å². The quantitative estimate of drug-likeness (QED) is 0.827. The van der Waals surface area contributed by atoms with Crippen molar-refractivity contribution >= 4 is 10.1 Å². The Balaban J connectivity index is 1.95. The zero-order valence-corrected chi connectivity index (χ0v) is 12.2. The molecule has 2 heterocycles. The maximum absolute atomic E-state index is 12.2. The molecule has 3 rings (SSSR count). The molecule has 1 aromatic heterocycles. The van der Waals surface area contributed by atoms with E-state index in [0.29, 0.717) is 24.3 Å². The molecule has 1 aromatic carbocycles. The van der Waals surface area contributed by atoms with Gasteiger partial charge in [0.2, 0.25) is 5.03 Å². The Labute approximate surface area is 122 Å². The summed E-state index contributed by atoms with van der Waals surface area (Å²) in [7, 11) is -2.29. The number of ether oxygens (including phenoxy) is 1. The van der Waals surface area contributed by atoms with E-state index >= 15 is 0 Å². The molecule has 0 amide bonds. The van der Waals surface area contributed by atoms with Crippen LogP contribution in [0, 0.1) is 0 Å². The van der Waals surface area contributed by atoms with Gasteiger partial charge in [-0.25, -0.2) is 4.98 Å². The van der Waals surface area contributed by atoms with Crippen molar-refractivity contribution in [3.05, 3.63) is 36.3 Å². The van der Waals surface area contributed by atoms with Crippen LogP contribution in [0.25, 0.3) is 0 Å². The van der Waals surface area contributed by atoms with E-state index < -0.39 is 10.1 Å². The molecule has 1 aliphatic rings. The summed E-state index contributed by atoms with van der Waals surface area (Å²) in [5.74, 6) is 0.832. The zero-order chi connectivity index (χ0) is 15.0. The van der Waals surface area contributed by atoms with Crippen LogP contribution in [0.1, 0.15) is 5.56 Å². The van der Waals surface area contributed by atoms with Gasteiger partial charge in [-0.05, 0) is 18.6 Å². The van der Waals surface area contributed by atoms with Crippen LogP contribution >= 0.6 is 0 Å². The second kappa shape index (κ2) is 5.05. The Hall–Kier alpha value is -2.06. The molecule has 2 aromatic rings. The number of nitrogens with zero attached hydrogens (tertiary/aromatic N) is 2. The maximum atomic E-state index is 12.2. The number of rotatable bonds is 3. The number of nitrogens with two attached hydrogens (primary N) is 1. The van der Waals surface area contributed by atoms with Crippen LogP contribution in [0.15, 0.2) is 35.7 Å². The lowest BCUT2D eigenvalue weighted by molar-refractivity contribution is 0.261. The van der Waals surface area contributed by atoms with Crippen molar-refractivity contribution in [2.45, 2.75) is 17.5 Å². The second-order valence-corrected chi connectivity index (χ2v) is 6.42. The summed E-state index contributed by atoms with van der Waals surface area (Å²) >= 11 is 0. The highest BCUT2D eigenvalue weighted by Gasteiger charge is 2.25. The molecule has 2 N–H and O–H groups in total. The summed E-state index contributed by atoms with van der Waals surface area (Å²) in [6.45, 7) is 0.406. The van der Waals surface area contributed by atoms with Gasteiger partial charge in [-0.1, -0.05) is 6.07 Å². The third-order valence-corrected chi connectivity index (χ3v) is 4.27. The standard InChI is InChI=1S/C13H15N3O4S/c1-16-6-13(15-8-16)21(17,18)20-12-4-2-3-11-10(12)5-9(14)7-19-11/h2-4,6,8-9H,5,7,14H2,1H3/t9-/m0/s1. The van der Waals surface area contributed by atoms with Gasteiger partial charge in [-0.15, -0.1) is 0 Å². The monoisotopic (exact) mass is 309 g/mol. The number of hydrogen-bond donors (Lipinski definition) is 1. The molecule has 112 valence electrons. The van der Waals surface area contributed by atoms with Crippen molar-refractivity contribution in [3.63, 3.8) is 0 Å². The minimum atomic E-state index is -3.97. The van der Waals surface area contributed by atoms with Gasteiger partial charge in [-0.3, -0.25) is 0 Å². The summed E-state index contributed by atoms with van der Waals surface area (Å²) in [5.41, 5.74) is 6.51. The van der Waals surface area contributed by atoms with Crippen molar-refractivity contribution in [1.82, 2.24) is 9.55 Å². The Morgan fingerprint density at radius 1 is 1.48 bits per heavy atom. The van der Waals surface area contributed by atoms with Crippen LogP contribution in [0.3, 0.4) is 0 Å². The van der Waals surface area contributed by atoms with Gasteiger partial charge >= 0.3 is 10.1 Å². The molecule has 21 heavy (non-hydrogen) atoms. The molecule has 0 unspecified atom stereocenters. The first kappa shape index (κ1) is 13.9. The lowest BCUT2D eigenvalue weighted by Gasteiger charge is -2.24. The van der Waals surface area contributed by atoms with E-state index in [1.165, 1.54) is 17.1 Å². The number of imidazole rings is 1. The van der Waals surface area contributed by atoms with E-state index in [1.54, 1.807) is 25.2 Å². The molecule has 0 spiro atoms. The molecule has 1 atom stereocenters. The van der Waals surface area contributed by atoms with Gasteiger partial charge in [0, 0.05) is 24.8 Å². The molecule has 0 saturated carbocycles. The van der Waals surface area contributed by atoms with Crippen molar-refractivity contribution in [2.75, 3.05) is 6.61 Å². The lowest BCUT2D eigenvalue weighted by Crippen LogP contribution is -2.34. The number of benzene rings is 1. The summed E-state index contributed by atoms with van der Waals surface area (Å²) in [4.78, 5) is 3.80. The largest absolute Gasteiger partial charge is 0.492 e. The summed E-state index contributed by atoms with van der Waals surface area (Å²) in [6, 6.07) is 4.85. The normalized spacial score (nSPS) is 17.9. The fourth-order valence-electron chi connectivity index (χ4n) is 2.16. The van der Waals surface area contributed by atoms with Crippen molar-refractivity contribution < 1.29 is 17.3 Å². The van der Waals surface area contributed by atoms with Gasteiger partial charge in [0.15, 0.2) is 0 Å². The predicted octanol–water partition coefficient (Wildman–Crippen LogP) is 0.450. The highest BCUT2D eigenvalue weighted by molar-refractivity contribution is 7.87. The number of aryl methyl sites for hydroxylation is 1. The second-order valence-electron chi connectivity index (χ2n) is 4.92. The molecular weight excluding hydrogens is 294 g/mol. The third-order valence-electron chi connectivity index (χ3n) is 3.15. The number of aromatic nitrogens is 2. The van der Waals surface area contributed by atoms with E-state index in [1.807, 2.05) is 0 Å². The molecule has 0 radical (unpaired) electrons. The number of hydrogen-bond acceptors (Lipinski definition) is 6. The average molecular weight is 309 g/mol. The van der Waals surface area contributed by atoms with Crippen LogP contribution in [0.4, 0.5) is 0 Å². The van der Waals surface area contributed by atoms with Crippen LogP contribution in [-0.4, -0.2) is 30.6 Å². The van der Waals surface area contributed by atoms with E-state index in [4.69, 9.17) is 14.7 Å². The van der Waals surface area contributed by atoms with E-state index in [0.717, 1.165) is 0 Å². The smallest absolute Gasteiger partial charge is 0.358 e. The Morgan fingerprint density at radius 3 is 3.00 bits per heavy atom. The van der Waals surface area contributed by atoms with Crippen molar-refractivity contribution in [1.29, 1.82) is 0 Å². The molecule has 0 saturated heterocycles. The molecule has 1 aliphatic heterocycles. The Morgan fingerprint density at radius 2 is 2.29 bits per heavy atom. The summed E-state index contributed by atoms with van der Waals surface area (Å²) in [6.07, 6.45) is 3.28. The summed E-state index contributed by atoms with van der Waals surface area (Å²) in [5, 5.41) is -0.136. The molecular formula is C13H15N3O4S. The first-order valence-electron chi connectivity index (χ1n) is 6.38. The average Bonchev–Trinajstić information content (AvgIpc) is 2.87. The van der Waals surface area contributed by atoms with Gasteiger partial charge in [0.25, 0.3) is 0 Å². The summed E-state index contributed by atoms with van der Waals surface area (Å²) < 4.78 is 36.7. The van der Waals surface area contributed by atoms with Crippen molar-refractivity contribution in [3.8, 4) is 11.5 Å². The van der Waals surface area contributed by atoms with Crippen LogP contribution in [-0.2, 0) is 23.6 Å². The highest BCUT2D eigenvalue weighted by atomic mass is 32.2. The lowest BCUT2D eigenvalue weighted by atomic mass is 10.0. The van der Waals surface area contributed by atoms with E-state index in [2.05, 4.69) is 4.98 Å². The third kappa shape index (κ3) is 2.72. The Bertz CT molecular complexity index is 769. The molecule has 0 aliphatic carbocycles. The van der Waals surface area contributed by atoms with Gasteiger partial charge in [-0.2, -0.15) is 8.42 Å². The van der Waals surface area contributed by atoms with Crippen LogP contribution in [0.5, 0.6) is 11.5 Å². The van der Waals surface area contributed by atoms with Crippen LogP contribution < -0.4 is 14.7 Å². The van der Waals surface area contributed by atoms with Gasteiger partial charge < -0.3 is 19.2 Å². The molecule has 7 nitrogen and oxygen atoms in total. The van der Waals surface area contributed by atoms with Crippen molar-refractivity contribution in [2.24, 2.45) is 12.8 Å². The fraction of sp³-hybridized carbons (Fsp3) is 0.308. The predicted molar refractivity (Wildman–Crippen MR) is 74.6 cm³/mol. The van der Waals surface area contributed by atoms with E-state index in [-0.39, 0.29) is 16.8 Å². The minimum absolute atomic E-state index is 0.136. The van der Waals surface area contributed by atoms with Gasteiger partial charge in [0.1, 0.15) is 18.1 Å².